The molecule has 0 spiro atoms. The lowest BCUT2D eigenvalue weighted by Crippen LogP contribution is -2.33. The zero-order valence-electron chi connectivity index (χ0n) is 12.6. The molecule has 0 aliphatic rings. The summed E-state index contributed by atoms with van der Waals surface area (Å²) >= 11 is 0. The molecule has 0 radical (unpaired) electrons. The number of benzene rings is 1. The minimum atomic E-state index is -0.407. The van der Waals surface area contributed by atoms with Gasteiger partial charge in [0.2, 0.25) is 0 Å². The van der Waals surface area contributed by atoms with E-state index in [9.17, 15) is 5.26 Å². The summed E-state index contributed by atoms with van der Waals surface area (Å²) in [6.45, 7) is 10.5. The highest BCUT2D eigenvalue weighted by Crippen LogP contribution is 2.38. The van der Waals surface area contributed by atoms with E-state index in [1.54, 1.807) is 0 Å². The van der Waals surface area contributed by atoms with E-state index in [0.29, 0.717) is 0 Å². The molecule has 0 saturated carbocycles. The molecule has 0 aromatic heterocycles. The highest BCUT2D eigenvalue weighted by molar-refractivity contribution is 5.41. The fourth-order valence-electron chi connectivity index (χ4n) is 2.65. The standard InChI is InChI=1S/C16H24N2/c1-11-8-9-14(13(3)12(11)2)15(18(6)7)16(4,5)10-17/h8-9,15H,1-7H3. The van der Waals surface area contributed by atoms with Crippen LogP contribution in [0.1, 0.15) is 42.1 Å². The predicted molar refractivity (Wildman–Crippen MR) is 76.5 cm³/mol. The van der Waals surface area contributed by atoms with Crippen molar-refractivity contribution in [2.45, 2.75) is 40.7 Å². The minimum absolute atomic E-state index is 0.113. The van der Waals surface area contributed by atoms with E-state index >= 15 is 0 Å². The van der Waals surface area contributed by atoms with E-state index in [0.717, 1.165) is 0 Å². The zero-order chi connectivity index (χ0) is 14.1. The van der Waals surface area contributed by atoms with Crippen LogP contribution in [0.4, 0.5) is 0 Å². The predicted octanol–water partition coefficient (Wildman–Crippen LogP) is 3.76. The molecule has 98 valence electrons. The lowest BCUT2D eigenvalue weighted by molar-refractivity contribution is 0.184. The summed E-state index contributed by atoms with van der Waals surface area (Å²) < 4.78 is 0. The van der Waals surface area contributed by atoms with E-state index in [1.165, 1.54) is 22.3 Å². The fraction of sp³-hybridized carbons (Fsp3) is 0.562. The van der Waals surface area contributed by atoms with Crippen molar-refractivity contribution in [1.82, 2.24) is 4.90 Å². The Labute approximate surface area is 111 Å². The lowest BCUT2D eigenvalue weighted by atomic mass is 9.78. The molecule has 0 saturated heterocycles. The molecule has 0 N–H and O–H groups in total. The van der Waals surface area contributed by atoms with Crippen molar-refractivity contribution >= 4 is 0 Å². The van der Waals surface area contributed by atoms with Crippen LogP contribution in [0, 0.1) is 37.5 Å². The Morgan fingerprint density at radius 3 is 2.11 bits per heavy atom. The maximum Gasteiger partial charge on any atom is 0.0714 e. The Morgan fingerprint density at radius 1 is 1.11 bits per heavy atom. The normalized spacial score (nSPS) is 13.5. The first-order valence-electron chi connectivity index (χ1n) is 6.36. The van der Waals surface area contributed by atoms with E-state index in [-0.39, 0.29) is 6.04 Å². The van der Waals surface area contributed by atoms with Crippen molar-refractivity contribution in [3.05, 3.63) is 34.4 Å². The minimum Gasteiger partial charge on any atom is -0.301 e. The first-order valence-corrected chi connectivity index (χ1v) is 6.36. The highest BCUT2D eigenvalue weighted by Gasteiger charge is 2.33. The van der Waals surface area contributed by atoms with E-state index < -0.39 is 5.41 Å². The Balaban J connectivity index is 3.42. The van der Waals surface area contributed by atoms with Gasteiger partial charge in [0.05, 0.1) is 17.5 Å². The second-order valence-electron chi connectivity index (χ2n) is 5.92. The van der Waals surface area contributed by atoms with Gasteiger partial charge >= 0.3 is 0 Å². The van der Waals surface area contributed by atoms with Gasteiger partial charge in [-0.3, -0.25) is 0 Å². The Bertz CT molecular complexity index is 479. The molecule has 0 bridgehead atoms. The molecule has 1 aromatic carbocycles. The van der Waals surface area contributed by atoms with Crippen molar-refractivity contribution in [2.75, 3.05) is 14.1 Å². The quantitative estimate of drug-likeness (QED) is 0.809. The van der Waals surface area contributed by atoms with Gasteiger partial charge in [0.1, 0.15) is 0 Å². The third-order valence-corrected chi connectivity index (χ3v) is 3.88. The lowest BCUT2D eigenvalue weighted by Gasteiger charge is -2.35. The first kappa shape index (κ1) is 14.7. The summed E-state index contributed by atoms with van der Waals surface area (Å²) in [6, 6.07) is 6.88. The van der Waals surface area contributed by atoms with Gasteiger partial charge in [-0.25, -0.2) is 0 Å². The average molecular weight is 244 g/mol. The molecule has 0 aliphatic heterocycles. The van der Waals surface area contributed by atoms with Crippen molar-refractivity contribution in [3.8, 4) is 6.07 Å². The highest BCUT2D eigenvalue weighted by atomic mass is 15.1. The number of nitrogens with zero attached hydrogens (tertiary/aromatic N) is 2. The van der Waals surface area contributed by atoms with Gasteiger partial charge in [-0.2, -0.15) is 5.26 Å². The third kappa shape index (κ3) is 2.57. The smallest absolute Gasteiger partial charge is 0.0714 e. The van der Waals surface area contributed by atoms with E-state index in [1.807, 2.05) is 27.9 Å². The molecule has 1 atom stereocenters. The van der Waals surface area contributed by atoms with Gasteiger partial charge in [-0.1, -0.05) is 12.1 Å². The molecule has 1 unspecified atom stereocenters. The van der Waals surface area contributed by atoms with Gasteiger partial charge in [0.25, 0.3) is 0 Å². The Morgan fingerprint density at radius 2 is 1.67 bits per heavy atom. The maximum atomic E-state index is 9.41. The molecular formula is C16H24N2. The second-order valence-corrected chi connectivity index (χ2v) is 5.92. The molecule has 0 amide bonds. The zero-order valence-corrected chi connectivity index (χ0v) is 12.6. The van der Waals surface area contributed by atoms with Gasteiger partial charge in [0.15, 0.2) is 0 Å². The first-order chi connectivity index (χ1) is 8.22. The molecule has 0 aliphatic carbocycles. The van der Waals surface area contributed by atoms with Gasteiger partial charge < -0.3 is 4.90 Å². The average Bonchev–Trinajstić information content (AvgIpc) is 2.29. The van der Waals surface area contributed by atoms with E-state index in [2.05, 4.69) is 43.9 Å². The van der Waals surface area contributed by atoms with Crippen LogP contribution in [0.5, 0.6) is 0 Å². The summed E-state index contributed by atoms with van der Waals surface area (Å²) in [4.78, 5) is 2.14. The van der Waals surface area contributed by atoms with Crippen LogP contribution in [0.3, 0.4) is 0 Å². The molecule has 0 fully saturated rings. The molecule has 1 rings (SSSR count). The maximum absolute atomic E-state index is 9.41. The summed E-state index contributed by atoms with van der Waals surface area (Å²) in [5.74, 6) is 0. The van der Waals surface area contributed by atoms with Crippen LogP contribution < -0.4 is 0 Å². The Kier molecular flexibility index (Phi) is 4.19. The van der Waals surface area contributed by atoms with Gasteiger partial charge in [-0.05, 0) is 71.0 Å². The second kappa shape index (κ2) is 5.12. The fourth-order valence-corrected chi connectivity index (χ4v) is 2.65. The largest absolute Gasteiger partial charge is 0.301 e. The Hall–Kier alpha value is -1.33. The molecule has 18 heavy (non-hydrogen) atoms. The summed E-state index contributed by atoms with van der Waals surface area (Å²) in [6.07, 6.45) is 0. The van der Waals surface area contributed by atoms with Crippen molar-refractivity contribution in [1.29, 1.82) is 5.26 Å². The topological polar surface area (TPSA) is 27.0 Å². The number of aryl methyl sites for hydroxylation is 1. The van der Waals surface area contributed by atoms with Crippen LogP contribution in [0.2, 0.25) is 0 Å². The third-order valence-electron chi connectivity index (χ3n) is 3.88. The molecule has 2 heteroatoms. The molecule has 0 heterocycles. The monoisotopic (exact) mass is 244 g/mol. The van der Waals surface area contributed by atoms with Gasteiger partial charge in [0, 0.05) is 0 Å². The van der Waals surface area contributed by atoms with Crippen LogP contribution in [-0.2, 0) is 0 Å². The van der Waals surface area contributed by atoms with Crippen LogP contribution in [-0.4, -0.2) is 19.0 Å². The molecule has 1 aromatic rings. The van der Waals surface area contributed by atoms with Gasteiger partial charge in [-0.15, -0.1) is 0 Å². The molecule has 2 nitrogen and oxygen atoms in total. The summed E-state index contributed by atoms with van der Waals surface area (Å²) in [5, 5.41) is 9.41. The summed E-state index contributed by atoms with van der Waals surface area (Å²) in [5.41, 5.74) is 4.79. The number of hydrogen-bond acceptors (Lipinski definition) is 2. The number of rotatable bonds is 3. The van der Waals surface area contributed by atoms with E-state index in [4.69, 9.17) is 0 Å². The van der Waals surface area contributed by atoms with Crippen molar-refractivity contribution in [2.24, 2.45) is 5.41 Å². The van der Waals surface area contributed by atoms with Crippen molar-refractivity contribution < 1.29 is 0 Å². The van der Waals surface area contributed by atoms with Crippen LogP contribution in [0.25, 0.3) is 0 Å². The van der Waals surface area contributed by atoms with Crippen molar-refractivity contribution in [3.63, 3.8) is 0 Å². The number of nitriles is 1. The van der Waals surface area contributed by atoms with Crippen LogP contribution in [0.15, 0.2) is 12.1 Å². The summed E-state index contributed by atoms with van der Waals surface area (Å²) in [7, 11) is 4.08. The SMILES string of the molecule is Cc1ccc(C(N(C)C)C(C)(C)C#N)c(C)c1C. The van der Waals surface area contributed by atoms with Crippen LogP contribution >= 0.6 is 0 Å². The molecular weight excluding hydrogens is 220 g/mol. The number of hydrogen-bond donors (Lipinski definition) is 0.